The molecular weight excluding hydrogens is 412 g/mol. The van der Waals surface area contributed by atoms with Gasteiger partial charge in [0.2, 0.25) is 5.60 Å². The minimum absolute atomic E-state index is 0.0650. The quantitative estimate of drug-likeness (QED) is 0.0985. The Kier molecular flexibility index (Phi) is 16.9. The van der Waals surface area contributed by atoms with Crippen molar-refractivity contribution in [1.29, 1.82) is 0 Å². The van der Waals surface area contributed by atoms with Crippen LogP contribution in [0.1, 0.15) is 72.1 Å². The van der Waals surface area contributed by atoms with Crippen LogP contribution in [0.4, 0.5) is 0 Å². The fraction of sp³-hybridized carbons (Fsp3) is 0.857. The Labute approximate surface area is 184 Å². The monoisotopic (exact) mass is 450 g/mol. The molecule has 0 saturated carbocycles. The molecule has 0 aromatic rings. The maximum Gasteiger partial charge on any atom is 0.343 e. The Morgan fingerprint density at radius 2 is 1.26 bits per heavy atom. The first kappa shape index (κ1) is 29.2. The number of hydrogen-bond donors (Lipinski definition) is 2. The topological polar surface area (TPSA) is 138 Å². The number of aliphatic hydroxyl groups excluding tert-OH is 2. The second kappa shape index (κ2) is 17.9. The van der Waals surface area contributed by atoms with E-state index in [4.69, 9.17) is 29.1 Å². The van der Waals surface area contributed by atoms with Crippen LogP contribution in [0, 0.1) is 0 Å². The normalized spacial score (nSPS) is 12.3. The van der Waals surface area contributed by atoms with Crippen LogP contribution >= 0.6 is 0 Å². The van der Waals surface area contributed by atoms with Crippen molar-refractivity contribution < 1.29 is 48.6 Å². The molecule has 10 heteroatoms. The molecule has 0 radical (unpaired) electrons. The van der Waals surface area contributed by atoms with Crippen molar-refractivity contribution in [1.82, 2.24) is 0 Å². The summed E-state index contributed by atoms with van der Waals surface area (Å²) in [4.78, 5) is 47.7. The van der Waals surface area contributed by atoms with E-state index in [1.165, 1.54) is 0 Å². The molecule has 0 aromatic carbocycles. The van der Waals surface area contributed by atoms with Gasteiger partial charge in [0.1, 0.15) is 12.7 Å². The zero-order chi connectivity index (χ0) is 23.5. The highest BCUT2D eigenvalue weighted by atomic mass is 17.2. The molecule has 0 rings (SSSR count). The summed E-state index contributed by atoms with van der Waals surface area (Å²) in [6.45, 7) is 5.05. The van der Waals surface area contributed by atoms with E-state index in [0.29, 0.717) is 19.3 Å². The number of unbranched alkanes of at least 4 members (excludes halogenated alkanes) is 3. The summed E-state index contributed by atoms with van der Waals surface area (Å²) in [5.41, 5.74) is -2.14. The molecular formula is C21H38O10. The van der Waals surface area contributed by atoms with Crippen LogP contribution in [0.25, 0.3) is 0 Å². The third-order valence-electron chi connectivity index (χ3n) is 4.17. The van der Waals surface area contributed by atoms with Gasteiger partial charge >= 0.3 is 17.9 Å². The van der Waals surface area contributed by atoms with Crippen LogP contribution in [-0.2, 0) is 38.4 Å². The van der Waals surface area contributed by atoms with Gasteiger partial charge in [0, 0.05) is 0 Å². The molecule has 0 aliphatic rings. The fourth-order valence-electron chi connectivity index (χ4n) is 2.25. The summed E-state index contributed by atoms with van der Waals surface area (Å²) < 4.78 is 15.5. The number of carbonyl (C=O) groups is 3. The van der Waals surface area contributed by atoms with Gasteiger partial charge < -0.3 is 24.4 Å². The predicted molar refractivity (Wildman–Crippen MR) is 110 cm³/mol. The average Bonchev–Trinajstić information content (AvgIpc) is 2.73. The van der Waals surface area contributed by atoms with Crippen LogP contribution in [0.15, 0.2) is 0 Å². The first-order valence-corrected chi connectivity index (χ1v) is 10.9. The lowest BCUT2D eigenvalue weighted by molar-refractivity contribution is -0.363. The average molecular weight is 451 g/mol. The highest BCUT2D eigenvalue weighted by molar-refractivity contribution is 5.90. The lowest BCUT2D eigenvalue weighted by atomic mass is 9.95. The van der Waals surface area contributed by atoms with Crippen LogP contribution < -0.4 is 0 Å². The highest BCUT2D eigenvalue weighted by Gasteiger charge is 2.48. The van der Waals surface area contributed by atoms with Crippen molar-refractivity contribution in [2.24, 2.45) is 0 Å². The van der Waals surface area contributed by atoms with Crippen molar-refractivity contribution in [3.8, 4) is 0 Å². The zero-order valence-corrected chi connectivity index (χ0v) is 18.9. The van der Waals surface area contributed by atoms with Crippen molar-refractivity contribution >= 4 is 17.9 Å². The summed E-state index contributed by atoms with van der Waals surface area (Å²) in [6.07, 6.45) is 1.67. The molecule has 2 N–H and O–H groups in total. The van der Waals surface area contributed by atoms with E-state index in [9.17, 15) is 19.5 Å². The van der Waals surface area contributed by atoms with E-state index in [1.54, 1.807) is 0 Å². The molecule has 1 atom stereocenters. The molecule has 0 amide bonds. The molecule has 0 heterocycles. The van der Waals surface area contributed by atoms with Crippen molar-refractivity contribution in [3.63, 3.8) is 0 Å². The molecule has 0 saturated heterocycles. The minimum atomic E-state index is -2.14. The van der Waals surface area contributed by atoms with Crippen molar-refractivity contribution in [3.05, 3.63) is 0 Å². The van der Waals surface area contributed by atoms with Gasteiger partial charge in [-0.2, -0.15) is 0 Å². The second-order valence-electron chi connectivity index (χ2n) is 7.19. The van der Waals surface area contributed by atoms with Gasteiger partial charge in [0.05, 0.1) is 39.3 Å². The van der Waals surface area contributed by atoms with Crippen LogP contribution in [0.3, 0.4) is 0 Å². The molecule has 10 nitrogen and oxygen atoms in total. The molecule has 0 fully saturated rings. The first-order chi connectivity index (χ1) is 14.8. The summed E-state index contributed by atoms with van der Waals surface area (Å²) in [5, 5.41) is 18.4. The molecule has 0 aliphatic heterocycles. The van der Waals surface area contributed by atoms with Crippen LogP contribution in [0.2, 0.25) is 0 Å². The number of carbonyl (C=O) groups excluding carboxylic acids is 3. The largest absolute Gasteiger partial charge is 0.466 e. The van der Waals surface area contributed by atoms with E-state index in [2.05, 4.69) is 0 Å². The second-order valence-corrected chi connectivity index (χ2v) is 7.19. The summed E-state index contributed by atoms with van der Waals surface area (Å²) in [6, 6.07) is 0. The summed E-state index contributed by atoms with van der Waals surface area (Å²) in [7, 11) is 0. The fourth-order valence-corrected chi connectivity index (χ4v) is 2.25. The summed E-state index contributed by atoms with van der Waals surface area (Å²) >= 11 is 0. The Hall–Kier alpha value is -1.75. The standard InChI is InChI=1S/C21H38O10/c1-4-7-10-27-18(24)13-21(20(26)29-12-9-6-3,31-30-16-17(23)15-22)14-19(25)28-11-8-5-2/h17,22-23H,4-16H2,1-3H3. The van der Waals surface area contributed by atoms with Gasteiger partial charge in [-0.05, 0) is 19.3 Å². The number of esters is 3. The first-order valence-electron chi connectivity index (χ1n) is 10.9. The molecule has 31 heavy (non-hydrogen) atoms. The van der Waals surface area contributed by atoms with Gasteiger partial charge in [-0.3, -0.25) is 9.59 Å². The zero-order valence-electron chi connectivity index (χ0n) is 18.9. The smallest absolute Gasteiger partial charge is 0.343 e. The highest BCUT2D eigenvalue weighted by Crippen LogP contribution is 2.26. The molecule has 0 bridgehead atoms. The van der Waals surface area contributed by atoms with E-state index >= 15 is 0 Å². The maximum absolute atomic E-state index is 12.9. The number of ether oxygens (including phenoxy) is 3. The maximum atomic E-state index is 12.9. The van der Waals surface area contributed by atoms with Gasteiger partial charge in [0.25, 0.3) is 0 Å². The minimum Gasteiger partial charge on any atom is -0.466 e. The van der Waals surface area contributed by atoms with E-state index in [1.807, 2.05) is 20.8 Å². The lowest BCUT2D eigenvalue weighted by Gasteiger charge is -2.29. The SMILES string of the molecule is CCCCOC(=O)CC(CC(=O)OCCCC)(OOCC(O)CO)C(=O)OCCCC. The van der Waals surface area contributed by atoms with Crippen molar-refractivity contribution in [2.45, 2.75) is 83.8 Å². The van der Waals surface area contributed by atoms with Gasteiger partial charge in [-0.25, -0.2) is 14.6 Å². The van der Waals surface area contributed by atoms with Gasteiger partial charge in [-0.15, -0.1) is 0 Å². The predicted octanol–water partition coefficient (Wildman–Crippen LogP) is 1.84. The molecule has 0 aliphatic carbocycles. The van der Waals surface area contributed by atoms with Gasteiger partial charge in [-0.1, -0.05) is 40.0 Å². The Bertz CT molecular complexity index is 484. The summed E-state index contributed by atoms with van der Waals surface area (Å²) in [5.74, 6) is -2.51. The van der Waals surface area contributed by atoms with Crippen LogP contribution in [-0.4, -0.2) is 72.9 Å². The van der Waals surface area contributed by atoms with E-state index < -0.39 is 55.7 Å². The Balaban J connectivity index is 5.51. The number of hydrogen-bond acceptors (Lipinski definition) is 10. The third kappa shape index (κ3) is 13.3. The Morgan fingerprint density at radius 1 is 0.806 bits per heavy atom. The number of aliphatic hydroxyl groups is 2. The molecule has 0 aromatic heterocycles. The van der Waals surface area contributed by atoms with Crippen molar-refractivity contribution in [2.75, 3.05) is 33.0 Å². The van der Waals surface area contributed by atoms with Gasteiger partial charge in [0.15, 0.2) is 0 Å². The van der Waals surface area contributed by atoms with E-state index in [0.717, 1.165) is 19.3 Å². The number of rotatable bonds is 19. The lowest BCUT2D eigenvalue weighted by Crippen LogP contribution is -2.48. The molecule has 182 valence electrons. The third-order valence-corrected chi connectivity index (χ3v) is 4.17. The van der Waals surface area contributed by atoms with Crippen LogP contribution in [0.5, 0.6) is 0 Å². The van der Waals surface area contributed by atoms with E-state index in [-0.39, 0.29) is 19.8 Å². The molecule has 1 unspecified atom stereocenters. The Morgan fingerprint density at radius 3 is 1.68 bits per heavy atom. The molecule has 0 spiro atoms.